The molecule has 9 heteroatoms. The summed E-state index contributed by atoms with van der Waals surface area (Å²) in [6.07, 6.45) is 0. The van der Waals surface area contributed by atoms with Gasteiger partial charge < -0.3 is 5.32 Å². The van der Waals surface area contributed by atoms with E-state index in [1.54, 1.807) is 22.7 Å². The molecular formula is C23H19N7OS. The zero-order valence-electron chi connectivity index (χ0n) is 17.4. The molecule has 5 aromatic rings. The maximum Gasteiger partial charge on any atom is 0.258 e. The average Bonchev–Trinajstić information content (AvgIpc) is 3.34. The Morgan fingerprint density at radius 3 is 2.47 bits per heavy atom. The topological polar surface area (TPSA) is 97.1 Å². The number of rotatable bonds is 5. The van der Waals surface area contributed by atoms with E-state index >= 15 is 0 Å². The average molecular weight is 442 g/mol. The van der Waals surface area contributed by atoms with Gasteiger partial charge in [0.2, 0.25) is 10.9 Å². The minimum absolute atomic E-state index is 0.259. The summed E-state index contributed by atoms with van der Waals surface area (Å²) in [5, 5.41) is 12.4. The number of carbonyl (C=O) groups is 1. The van der Waals surface area contributed by atoms with Crippen LogP contribution < -0.4 is 10.6 Å². The van der Waals surface area contributed by atoms with Crippen molar-refractivity contribution in [2.75, 3.05) is 10.6 Å². The summed E-state index contributed by atoms with van der Waals surface area (Å²) in [6.45, 7) is 3.82. The van der Waals surface area contributed by atoms with Gasteiger partial charge in [-0.3, -0.25) is 10.1 Å². The van der Waals surface area contributed by atoms with Crippen LogP contribution in [0.3, 0.4) is 0 Å². The summed E-state index contributed by atoms with van der Waals surface area (Å²) in [4.78, 5) is 26.7. The molecule has 3 heterocycles. The van der Waals surface area contributed by atoms with E-state index in [9.17, 15) is 4.79 Å². The van der Waals surface area contributed by atoms with Gasteiger partial charge in [-0.05, 0) is 38.1 Å². The molecule has 32 heavy (non-hydrogen) atoms. The molecule has 0 bridgehead atoms. The largest absolute Gasteiger partial charge is 0.324 e. The lowest BCUT2D eigenvalue weighted by molar-refractivity contribution is 0.102. The number of carbonyl (C=O) groups excluding carboxylic acids is 1. The molecule has 0 saturated heterocycles. The molecule has 5 rings (SSSR count). The normalized spacial score (nSPS) is 10.9. The number of thiazole rings is 1. The first-order valence-electron chi connectivity index (χ1n) is 9.95. The molecule has 0 aliphatic rings. The number of fused-ring (bicyclic) bond motifs is 1. The molecule has 0 saturated carbocycles. The van der Waals surface area contributed by atoms with E-state index in [2.05, 4.69) is 30.7 Å². The fourth-order valence-corrected chi connectivity index (χ4v) is 4.20. The first kappa shape index (κ1) is 19.8. The zero-order valence-corrected chi connectivity index (χ0v) is 18.2. The van der Waals surface area contributed by atoms with Crippen molar-refractivity contribution in [3.63, 3.8) is 0 Å². The van der Waals surface area contributed by atoms with Crippen molar-refractivity contribution in [3.05, 3.63) is 83.0 Å². The van der Waals surface area contributed by atoms with E-state index in [0.717, 1.165) is 22.6 Å². The number of aryl methyl sites for hydroxylation is 2. The fourth-order valence-electron chi connectivity index (χ4n) is 3.36. The van der Waals surface area contributed by atoms with Gasteiger partial charge in [-0.25, -0.2) is 14.5 Å². The predicted molar refractivity (Wildman–Crippen MR) is 125 cm³/mol. The molecule has 0 aliphatic heterocycles. The van der Waals surface area contributed by atoms with Crippen LogP contribution in [0.25, 0.3) is 16.2 Å². The van der Waals surface area contributed by atoms with Crippen molar-refractivity contribution in [2.45, 2.75) is 13.8 Å². The van der Waals surface area contributed by atoms with Gasteiger partial charge in [-0.1, -0.05) is 36.4 Å². The Bertz CT molecular complexity index is 1400. The maximum absolute atomic E-state index is 12.8. The zero-order chi connectivity index (χ0) is 22.1. The fraction of sp³-hybridized carbons (Fsp3) is 0.0870. The van der Waals surface area contributed by atoms with Gasteiger partial charge >= 0.3 is 0 Å². The van der Waals surface area contributed by atoms with Crippen molar-refractivity contribution in [2.24, 2.45) is 0 Å². The molecule has 2 N–H and O–H groups in total. The SMILES string of the molecule is Cc1cc(C)nc(Nc2cccc(C(=O)Nc3nc4scc(-c5ccccc5)n4n3)c2)n1. The van der Waals surface area contributed by atoms with Gasteiger partial charge in [0, 0.05) is 33.6 Å². The van der Waals surface area contributed by atoms with Gasteiger partial charge in [0.15, 0.2) is 0 Å². The second-order valence-corrected chi connectivity index (χ2v) is 8.09. The van der Waals surface area contributed by atoms with E-state index in [-0.39, 0.29) is 11.9 Å². The van der Waals surface area contributed by atoms with Crippen molar-refractivity contribution >= 4 is 39.8 Å². The molecule has 2 aromatic carbocycles. The van der Waals surface area contributed by atoms with E-state index in [1.807, 2.05) is 61.7 Å². The molecular weight excluding hydrogens is 422 g/mol. The first-order valence-corrected chi connectivity index (χ1v) is 10.8. The van der Waals surface area contributed by atoms with E-state index in [1.165, 1.54) is 11.3 Å². The predicted octanol–water partition coefficient (Wildman–Crippen LogP) is 4.86. The van der Waals surface area contributed by atoms with Crippen molar-refractivity contribution < 1.29 is 4.79 Å². The third-order valence-corrected chi connectivity index (χ3v) is 5.56. The van der Waals surface area contributed by atoms with E-state index in [4.69, 9.17) is 0 Å². The third-order valence-electron chi connectivity index (χ3n) is 4.74. The number of benzene rings is 2. The Hall–Kier alpha value is -4.11. The van der Waals surface area contributed by atoms with Crippen LogP contribution in [0.5, 0.6) is 0 Å². The van der Waals surface area contributed by atoms with Crippen LogP contribution >= 0.6 is 11.3 Å². The molecule has 0 spiro atoms. The second-order valence-electron chi connectivity index (χ2n) is 7.25. The van der Waals surface area contributed by atoms with Crippen LogP contribution in [-0.2, 0) is 0 Å². The quantitative estimate of drug-likeness (QED) is 0.404. The summed E-state index contributed by atoms with van der Waals surface area (Å²) in [5.74, 6) is 0.453. The number of hydrogen-bond donors (Lipinski definition) is 2. The highest BCUT2D eigenvalue weighted by Crippen LogP contribution is 2.26. The highest BCUT2D eigenvalue weighted by molar-refractivity contribution is 7.15. The molecule has 3 aromatic heterocycles. The Labute approximate surface area is 188 Å². The Morgan fingerprint density at radius 2 is 1.69 bits per heavy atom. The minimum atomic E-state index is -0.297. The summed E-state index contributed by atoms with van der Waals surface area (Å²) < 4.78 is 1.74. The van der Waals surface area contributed by atoms with Gasteiger partial charge in [0.1, 0.15) is 0 Å². The highest BCUT2D eigenvalue weighted by Gasteiger charge is 2.14. The van der Waals surface area contributed by atoms with Crippen LogP contribution in [0.2, 0.25) is 0 Å². The lowest BCUT2D eigenvalue weighted by Crippen LogP contribution is -2.13. The van der Waals surface area contributed by atoms with Crippen molar-refractivity contribution in [1.29, 1.82) is 0 Å². The number of nitrogens with one attached hydrogen (secondary N) is 2. The number of amides is 1. The summed E-state index contributed by atoms with van der Waals surface area (Å²) in [6, 6.07) is 19.0. The Morgan fingerprint density at radius 1 is 0.906 bits per heavy atom. The molecule has 0 aliphatic carbocycles. The smallest absolute Gasteiger partial charge is 0.258 e. The number of aromatic nitrogens is 5. The van der Waals surface area contributed by atoms with Crippen LogP contribution in [0, 0.1) is 13.8 Å². The molecule has 0 unspecified atom stereocenters. The molecule has 0 atom stereocenters. The lowest BCUT2D eigenvalue weighted by atomic mass is 10.2. The number of anilines is 3. The van der Waals surface area contributed by atoms with Gasteiger partial charge in [0.25, 0.3) is 11.9 Å². The van der Waals surface area contributed by atoms with Crippen molar-refractivity contribution in [1.82, 2.24) is 24.6 Å². The maximum atomic E-state index is 12.8. The molecule has 1 amide bonds. The van der Waals surface area contributed by atoms with Crippen LogP contribution in [0.15, 0.2) is 66.0 Å². The molecule has 0 radical (unpaired) electrons. The highest BCUT2D eigenvalue weighted by atomic mass is 32.1. The summed E-state index contributed by atoms with van der Waals surface area (Å²) in [5.41, 5.74) is 4.89. The van der Waals surface area contributed by atoms with Crippen molar-refractivity contribution in [3.8, 4) is 11.3 Å². The van der Waals surface area contributed by atoms with Crippen LogP contribution in [-0.4, -0.2) is 30.5 Å². The Balaban J connectivity index is 1.35. The molecule has 0 fully saturated rings. The van der Waals surface area contributed by atoms with Gasteiger partial charge in [-0.15, -0.1) is 16.4 Å². The Kier molecular flexibility index (Phi) is 5.08. The number of hydrogen-bond acceptors (Lipinski definition) is 7. The second kappa shape index (κ2) is 8.20. The molecule has 158 valence electrons. The van der Waals surface area contributed by atoms with E-state index in [0.29, 0.717) is 22.2 Å². The summed E-state index contributed by atoms with van der Waals surface area (Å²) in [7, 11) is 0. The molecule has 8 nitrogen and oxygen atoms in total. The standard InChI is InChI=1S/C23H19N7OS/c1-14-11-15(2)25-21(24-14)26-18-10-6-9-17(12-18)20(31)27-22-28-23-30(29-22)19(13-32-23)16-7-4-3-5-8-16/h3-13H,1-2H3,(H,24,25,26)(H,27,29,31). The van der Waals surface area contributed by atoms with Gasteiger partial charge in [-0.2, -0.15) is 4.98 Å². The van der Waals surface area contributed by atoms with Gasteiger partial charge in [0.05, 0.1) is 5.69 Å². The van der Waals surface area contributed by atoms with E-state index < -0.39 is 0 Å². The lowest BCUT2D eigenvalue weighted by Gasteiger charge is -2.08. The summed E-state index contributed by atoms with van der Waals surface area (Å²) >= 11 is 1.47. The van der Waals surface area contributed by atoms with Crippen LogP contribution in [0.1, 0.15) is 21.7 Å². The minimum Gasteiger partial charge on any atom is -0.324 e. The third kappa shape index (κ3) is 4.06. The first-order chi connectivity index (χ1) is 15.5. The number of nitrogens with zero attached hydrogens (tertiary/aromatic N) is 5. The van der Waals surface area contributed by atoms with Crippen LogP contribution in [0.4, 0.5) is 17.6 Å². The monoisotopic (exact) mass is 441 g/mol.